The normalized spacial score (nSPS) is 12.9. The Bertz CT molecular complexity index is 444. The molecule has 0 saturated carbocycles. The predicted molar refractivity (Wildman–Crippen MR) is 81.6 cm³/mol. The van der Waals surface area contributed by atoms with Crippen molar-refractivity contribution in [1.29, 1.82) is 0 Å². The molecule has 1 unspecified atom stereocenters. The lowest BCUT2D eigenvalue weighted by atomic mass is 10.0. The lowest BCUT2D eigenvalue weighted by Crippen LogP contribution is -2.38. The molecule has 1 aromatic rings. The number of aliphatic hydroxyl groups is 1. The summed E-state index contributed by atoms with van der Waals surface area (Å²) in [6.45, 7) is 4.13. The predicted octanol–water partition coefficient (Wildman–Crippen LogP) is 2.99. The summed E-state index contributed by atoms with van der Waals surface area (Å²) in [5.74, 6) is 0.163. The number of amides is 1. The molecule has 1 atom stereocenters. The Morgan fingerprint density at radius 1 is 1.42 bits per heavy atom. The standard InChI is InChI=1S/C15H20BrNO2/c1-11(2)14(9-10-18)17-15(19)8-7-12-5-3-4-6-13(12)16/h3-8,11,14,18H,9-10H2,1-2H3,(H,17,19)/b8-7+. The van der Waals surface area contributed by atoms with E-state index >= 15 is 0 Å². The van der Waals surface area contributed by atoms with E-state index in [1.54, 1.807) is 6.08 Å². The van der Waals surface area contributed by atoms with Crippen LogP contribution < -0.4 is 5.32 Å². The number of carbonyl (C=O) groups is 1. The first-order chi connectivity index (χ1) is 9.04. The van der Waals surface area contributed by atoms with Gasteiger partial charge < -0.3 is 10.4 Å². The van der Waals surface area contributed by atoms with Gasteiger partial charge in [-0.25, -0.2) is 0 Å². The molecule has 0 aliphatic rings. The summed E-state index contributed by atoms with van der Waals surface area (Å²) in [4.78, 5) is 11.8. The summed E-state index contributed by atoms with van der Waals surface area (Å²) in [5, 5.41) is 11.9. The van der Waals surface area contributed by atoms with Crippen molar-refractivity contribution in [1.82, 2.24) is 5.32 Å². The molecule has 0 aliphatic heterocycles. The zero-order chi connectivity index (χ0) is 14.3. The Labute approximate surface area is 122 Å². The fraction of sp³-hybridized carbons (Fsp3) is 0.400. The highest BCUT2D eigenvalue weighted by atomic mass is 79.9. The van der Waals surface area contributed by atoms with E-state index in [1.165, 1.54) is 6.08 Å². The number of benzene rings is 1. The van der Waals surface area contributed by atoms with Gasteiger partial charge in [-0.1, -0.05) is 48.0 Å². The van der Waals surface area contributed by atoms with Gasteiger partial charge in [0.1, 0.15) is 0 Å². The third kappa shape index (κ3) is 5.57. The summed E-state index contributed by atoms with van der Waals surface area (Å²) in [6.07, 6.45) is 3.87. The molecule has 0 heterocycles. The van der Waals surface area contributed by atoms with Gasteiger partial charge in [-0.2, -0.15) is 0 Å². The van der Waals surface area contributed by atoms with Crippen molar-refractivity contribution in [2.75, 3.05) is 6.61 Å². The van der Waals surface area contributed by atoms with E-state index in [9.17, 15) is 4.79 Å². The van der Waals surface area contributed by atoms with E-state index in [0.29, 0.717) is 12.3 Å². The van der Waals surface area contributed by atoms with Gasteiger partial charge in [-0.05, 0) is 30.0 Å². The highest BCUT2D eigenvalue weighted by molar-refractivity contribution is 9.10. The molecule has 104 valence electrons. The van der Waals surface area contributed by atoms with Crippen LogP contribution in [0, 0.1) is 5.92 Å². The number of carbonyl (C=O) groups excluding carboxylic acids is 1. The van der Waals surface area contributed by atoms with Gasteiger partial charge in [-0.3, -0.25) is 4.79 Å². The minimum atomic E-state index is -0.136. The van der Waals surface area contributed by atoms with Crippen LogP contribution in [0.3, 0.4) is 0 Å². The molecule has 2 N–H and O–H groups in total. The van der Waals surface area contributed by atoms with Crippen LogP contribution in [0.2, 0.25) is 0 Å². The van der Waals surface area contributed by atoms with Crippen LogP contribution in [0.1, 0.15) is 25.8 Å². The molecule has 1 aromatic carbocycles. The summed E-state index contributed by atoms with van der Waals surface area (Å²) in [7, 11) is 0. The van der Waals surface area contributed by atoms with Gasteiger partial charge in [0.25, 0.3) is 0 Å². The first kappa shape index (κ1) is 15.9. The average molecular weight is 326 g/mol. The quantitative estimate of drug-likeness (QED) is 0.790. The van der Waals surface area contributed by atoms with Crippen LogP contribution in [0.25, 0.3) is 6.08 Å². The molecule has 1 amide bonds. The minimum Gasteiger partial charge on any atom is -0.396 e. The van der Waals surface area contributed by atoms with Crippen molar-refractivity contribution >= 4 is 27.9 Å². The minimum absolute atomic E-state index is 0.00126. The zero-order valence-electron chi connectivity index (χ0n) is 11.3. The maximum absolute atomic E-state index is 11.8. The number of aliphatic hydroxyl groups excluding tert-OH is 1. The third-order valence-corrected chi connectivity index (χ3v) is 3.61. The SMILES string of the molecule is CC(C)C(CCO)NC(=O)/C=C/c1ccccc1Br. The molecule has 1 rings (SSSR count). The maximum Gasteiger partial charge on any atom is 0.244 e. The average Bonchev–Trinajstić information content (AvgIpc) is 2.37. The number of rotatable bonds is 6. The lowest BCUT2D eigenvalue weighted by Gasteiger charge is -2.20. The van der Waals surface area contributed by atoms with E-state index in [0.717, 1.165) is 10.0 Å². The molecular formula is C15H20BrNO2. The van der Waals surface area contributed by atoms with Crippen LogP contribution >= 0.6 is 15.9 Å². The summed E-state index contributed by atoms with van der Waals surface area (Å²) >= 11 is 3.43. The van der Waals surface area contributed by atoms with Crippen molar-refractivity contribution in [2.24, 2.45) is 5.92 Å². The van der Waals surface area contributed by atoms with Crippen molar-refractivity contribution in [3.05, 3.63) is 40.4 Å². The van der Waals surface area contributed by atoms with Gasteiger partial charge >= 0.3 is 0 Å². The molecule has 0 radical (unpaired) electrons. The maximum atomic E-state index is 11.8. The van der Waals surface area contributed by atoms with Gasteiger partial charge in [0.2, 0.25) is 5.91 Å². The summed E-state index contributed by atoms with van der Waals surface area (Å²) in [6, 6.07) is 7.71. The van der Waals surface area contributed by atoms with Crippen LogP contribution in [0.15, 0.2) is 34.8 Å². The second-order valence-corrected chi connectivity index (χ2v) is 5.58. The van der Waals surface area contributed by atoms with E-state index in [1.807, 2.05) is 38.1 Å². The molecule has 19 heavy (non-hydrogen) atoms. The Hall–Kier alpha value is -1.13. The molecule has 4 heteroatoms. The number of halogens is 1. The Kier molecular flexibility index (Phi) is 6.81. The van der Waals surface area contributed by atoms with Gasteiger partial charge in [0.15, 0.2) is 0 Å². The van der Waals surface area contributed by atoms with Crippen LogP contribution in [0.4, 0.5) is 0 Å². The van der Waals surface area contributed by atoms with Crippen molar-refractivity contribution in [3.8, 4) is 0 Å². The monoisotopic (exact) mass is 325 g/mol. The number of hydrogen-bond acceptors (Lipinski definition) is 2. The van der Waals surface area contributed by atoms with E-state index in [2.05, 4.69) is 21.2 Å². The zero-order valence-corrected chi connectivity index (χ0v) is 12.9. The molecule has 3 nitrogen and oxygen atoms in total. The smallest absolute Gasteiger partial charge is 0.244 e. The van der Waals surface area contributed by atoms with Crippen LogP contribution in [-0.4, -0.2) is 23.7 Å². The third-order valence-electron chi connectivity index (χ3n) is 2.89. The van der Waals surface area contributed by atoms with Crippen molar-refractivity contribution in [3.63, 3.8) is 0 Å². The van der Waals surface area contributed by atoms with Crippen LogP contribution in [-0.2, 0) is 4.79 Å². The molecule has 0 aliphatic carbocycles. The Morgan fingerprint density at radius 2 is 2.11 bits per heavy atom. The van der Waals surface area contributed by atoms with Gasteiger partial charge in [0, 0.05) is 23.2 Å². The van der Waals surface area contributed by atoms with E-state index in [-0.39, 0.29) is 18.6 Å². The van der Waals surface area contributed by atoms with Gasteiger partial charge in [0.05, 0.1) is 0 Å². The van der Waals surface area contributed by atoms with E-state index in [4.69, 9.17) is 5.11 Å². The molecule has 0 saturated heterocycles. The first-order valence-corrected chi connectivity index (χ1v) is 7.18. The van der Waals surface area contributed by atoms with Crippen molar-refractivity contribution in [2.45, 2.75) is 26.3 Å². The molecular weight excluding hydrogens is 306 g/mol. The Balaban J connectivity index is 2.62. The molecule has 0 aromatic heterocycles. The van der Waals surface area contributed by atoms with Gasteiger partial charge in [-0.15, -0.1) is 0 Å². The summed E-state index contributed by atoms with van der Waals surface area (Å²) in [5.41, 5.74) is 0.959. The topological polar surface area (TPSA) is 49.3 Å². The van der Waals surface area contributed by atoms with E-state index < -0.39 is 0 Å². The lowest BCUT2D eigenvalue weighted by molar-refractivity contribution is -0.117. The molecule has 0 bridgehead atoms. The molecule has 0 spiro atoms. The second-order valence-electron chi connectivity index (χ2n) is 4.73. The fourth-order valence-electron chi connectivity index (χ4n) is 1.72. The van der Waals surface area contributed by atoms with Crippen molar-refractivity contribution < 1.29 is 9.90 Å². The number of nitrogens with one attached hydrogen (secondary N) is 1. The second kappa shape index (κ2) is 8.12. The molecule has 0 fully saturated rings. The highest BCUT2D eigenvalue weighted by Gasteiger charge is 2.13. The van der Waals surface area contributed by atoms with Crippen LogP contribution in [0.5, 0.6) is 0 Å². The summed E-state index contributed by atoms with van der Waals surface area (Å²) < 4.78 is 0.954. The fourth-order valence-corrected chi connectivity index (χ4v) is 2.13. The Morgan fingerprint density at radius 3 is 2.68 bits per heavy atom. The largest absolute Gasteiger partial charge is 0.396 e. The highest BCUT2D eigenvalue weighted by Crippen LogP contribution is 2.17. The number of hydrogen-bond donors (Lipinski definition) is 2. The first-order valence-electron chi connectivity index (χ1n) is 6.38.